The van der Waals surface area contributed by atoms with Crippen molar-refractivity contribution in [2.75, 3.05) is 0 Å². The van der Waals surface area contributed by atoms with E-state index in [9.17, 15) is 5.53 Å². The first-order valence-corrected chi connectivity index (χ1v) is 26.2. The van der Waals surface area contributed by atoms with Gasteiger partial charge in [-0.25, -0.2) is 4.70 Å². The Bertz CT molecular complexity index is 1430. The Labute approximate surface area is 366 Å². The Morgan fingerprint density at radius 2 is 0.862 bits per heavy atom. The van der Waals surface area contributed by atoms with Crippen LogP contribution in [0.3, 0.4) is 0 Å². The van der Waals surface area contributed by atoms with E-state index in [0.29, 0.717) is 0 Å². The van der Waals surface area contributed by atoms with Crippen molar-refractivity contribution in [3.63, 3.8) is 0 Å². The van der Waals surface area contributed by atoms with Crippen LogP contribution in [0.4, 0.5) is 0 Å². The second-order valence-corrected chi connectivity index (χ2v) is 18.7. The Balaban J connectivity index is 0.00000218. The van der Waals surface area contributed by atoms with Crippen molar-refractivity contribution in [3.05, 3.63) is 99.6 Å². The molecule has 0 spiro atoms. The van der Waals surface area contributed by atoms with Gasteiger partial charge in [0.2, 0.25) is 11.4 Å². The third kappa shape index (κ3) is 21.8. The first-order chi connectivity index (χ1) is 28.6. The fourth-order valence-corrected chi connectivity index (χ4v) is 8.69. The van der Waals surface area contributed by atoms with Crippen LogP contribution in [0.5, 0.6) is 0 Å². The van der Waals surface area contributed by atoms with E-state index in [2.05, 4.69) is 102 Å². The zero-order valence-electron chi connectivity index (χ0n) is 38.9. The van der Waals surface area contributed by atoms with Crippen LogP contribution in [-0.4, -0.2) is 4.70 Å². The molecule has 0 aliphatic carbocycles. The zero-order chi connectivity index (χ0) is 41.9. The molecule has 1 aliphatic rings. The van der Waals surface area contributed by atoms with Gasteiger partial charge in [-0.05, 0) is 86.8 Å². The van der Waals surface area contributed by atoms with Gasteiger partial charge in [0.05, 0.1) is 5.57 Å². The van der Waals surface area contributed by atoms with E-state index in [1.165, 1.54) is 181 Å². The monoisotopic (exact) mass is 837 g/mol. The predicted octanol–water partition coefficient (Wildman–Crippen LogP) is 19.1. The maximum atomic E-state index is 12.1. The third-order valence-corrected chi connectivity index (χ3v) is 12.7. The van der Waals surface area contributed by atoms with Gasteiger partial charge in [-0.2, -0.15) is 0 Å². The number of nitrogens with zero attached hydrogens (tertiary/aromatic N) is 2. The fraction of sp³-hybridized carbons (Fsp3) is 0.673. The van der Waals surface area contributed by atoms with E-state index >= 15 is 0 Å². The molecule has 1 aliphatic heterocycles. The number of hydrogen-bond donors (Lipinski definition) is 0. The Kier molecular flexibility index (Phi) is 31.8. The molecule has 0 atom stereocenters. The van der Waals surface area contributed by atoms with Gasteiger partial charge in [-0.3, -0.25) is 0 Å². The van der Waals surface area contributed by atoms with Crippen molar-refractivity contribution in [1.29, 1.82) is 0 Å². The Morgan fingerprint density at radius 3 is 1.28 bits per heavy atom. The van der Waals surface area contributed by atoms with Crippen molar-refractivity contribution < 1.29 is 19.1 Å². The zero-order valence-corrected chi connectivity index (χ0v) is 39.9. The van der Waals surface area contributed by atoms with E-state index < -0.39 is 0 Å². The number of hydrogen-bond acceptors (Lipinski definition) is 0. The molecular formula is C55H90N2Ni. The van der Waals surface area contributed by atoms with Crippen molar-refractivity contribution in [2.24, 2.45) is 0 Å². The third-order valence-electron chi connectivity index (χ3n) is 11.7. The quantitative estimate of drug-likeness (QED) is 0.0381. The van der Waals surface area contributed by atoms with Crippen LogP contribution in [0.2, 0.25) is 10.8 Å². The number of allylic oxidation sites excluding steroid dienone is 4. The molecule has 0 amide bonds. The van der Waals surface area contributed by atoms with Crippen LogP contribution in [0, 0.1) is 0 Å². The summed E-state index contributed by atoms with van der Waals surface area (Å²) in [5, 5.41) is 2.56. The molecule has 0 aromatic heterocycles. The number of unbranched alkanes of at least 4 members (excludes halogenated alkanes) is 22. The van der Waals surface area contributed by atoms with E-state index in [-0.39, 0.29) is 0 Å². The standard InChI is InChI=1S/C51H80N2.2C2H5.Ni/c1-5-9-13-14-15-16-17-18-19-20-21-22-23-24-25-26-27-28-29-30-31-41-49-48(40-12-8-4)50(46-38-32-36-44(42-46)34-10-6-2)53(52)51(49)47-39-33-37-45(43-47)35-11-7-3;2*1-2;/h31-33,36-39,41-43H,5-30,34-35,40H2,1-4H3;2*1H2,2H3;. The van der Waals surface area contributed by atoms with Crippen molar-refractivity contribution in [2.45, 2.75) is 239 Å². The summed E-state index contributed by atoms with van der Waals surface area (Å²) in [4.78, 5) is 0. The van der Waals surface area contributed by atoms with Gasteiger partial charge < -0.3 is 5.53 Å². The summed E-state index contributed by atoms with van der Waals surface area (Å²) in [5.74, 6) is 0. The SMILES string of the molecule is CCCCCCCCCCCCCCCCCCCCCC=CC1=C(c2cccc(CCCC)c2)[N+](=[N-])C(c2cccc(CCCC)c2)=C1CCCC.C[CH2][Ni][CH2]C. The molecule has 0 unspecified atom stereocenters. The normalized spacial score (nSPS) is 13.0. The summed E-state index contributed by atoms with van der Waals surface area (Å²) in [6.07, 6.45) is 42.8. The topological polar surface area (TPSA) is 25.3 Å². The summed E-state index contributed by atoms with van der Waals surface area (Å²) in [7, 11) is 0. The number of benzene rings is 2. The molecule has 3 heteroatoms. The Hall–Kier alpha value is -2.25. The van der Waals surface area contributed by atoms with Gasteiger partial charge in [0.15, 0.2) is 0 Å². The Morgan fingerprint density at radius 1 is 0.466 bits per heavy atom. The first-order valence-electron chi connectivity index (χ1n) is 24.8. The number of aryl methyl sites for hydroxylation is 2. The van der Waals surface area contributed by atoms with Gasteiger partial charge in [0, 0.05) is 16.7 Å². The second-order valence-electron chi connectivity index (χ2n) is 16.8. The van der Waals surface area contributed by atoms with E-state index in [1.54, 1.807) is 4.70 Å². The molecule has 2 nitrogen and oxygen atoms in total. The van der Waals surface area contributed by atoms with Crippen LogP contribution in [0.1, 0.15) is 237 Å². The van der Waals surface area contributed by atoms with Crippen LogP contribution < -0.4 is 0 Å². The first kappa shape index (κ1) is 51.9. The molecule has 2 aromatic carbocycles. The average molecular weight is 838 g/mol. The summed E-state index contributed by atoms with van der Waals surface area (Å²) in [5.41, 5.74) is 21.5. The van der Waals surface area contributed by atoms with Crippen molar-refractivity contribution in [3.8, 4) is 0 Å². The molecule has 0 N–H and O–H groups in total. The van der Waals surface area contributed by atoms with E-state index in [4.69, 9.17) is 0 Å². The van der Waals surface area contributed by atoms with Crippen LogP contribution in [0.25, 0.3) is 16.9 Å². The molecule has 2 aromatic rings. The van der Waals surface area contributed by atoms with E-state index in [1.807, 2.05) is 14.4 Å². The van der Waals surface area contributed by atoms with Gasteiger partial charge in [0.1, 0.15) is 0 Å². The maximum absolute atomic E-state index is 12.1. The molecule has 1 heterocycles. The average Bonchev–Trinajstić information content (AvgIpc) is 3.52. The van der Waals surface area contributed by atoms with Gasteiger partial charge in [0.25, 0.3) is 0 Å². The minimum absolute atomic E-state index is 0.952. The molecule has 3 rings (SSSR count). The van der Waals surface area contributed by atoms with Gasteiger partial charge >= 0.3 is 39.1 Å². The van der Waals surface area contributed by atoms with Gasteiger partial charge in [-0.15, -0.1) is 0 Å². The molecule has 58 heavy (non-hydrogen) atoms. The summed E-state index contributed by atoms with van der Waals surface area (Å²) in [6, 6.07) is 17.9. The summed E-state index contributed by atoms with van der Waals surface area (Å²) >= 11 is 1.82. The summed E-state index contributed by atoms with van der Waals surface area (Å²) in [6.45, 7) is 13.5. The molecule has 330 valence electrons. The van der Waals surface area contributed by atoms with Crippen LogP contribution in [0.15, 0.2) is 71.8 Å². The van der Waals surface area contributed by atoms with Gasteiger partial charge in [-0.1, -0.05) is 199 Å². The molecule has 0 bridgehead atoms. The molecular weight excluding hydrogens is 747 g/mol. The summed E-state index contributed by atoms with van der Waals surface area (Å²) < 4.78 is 1.54. The van der Waals surface area contributed by atoms with Crippen LogP contribution >= 0.6 is 0 Å². The van der Waals surface area contributed by atoms with Crippen molar-refractivity contribution in [1.82, 2.24) is 0 Å². The minimum atomic E-state index is 0.952. The number of rotatable bonds is 34. The fourth-order valence-electron chi connectivity index (χ4n) is 8.19. The van der Waals surface area contributed by atoms with Crippen LogP contribution in [-0.2, 0) is 27.3 Å². The molecule has 0 saturated heterocycles. The van der Waals surface area contributed by atoms with Crippen molar-refractivity contribution >= 4 is 11.4 Å². The second kappa shape index (κ2) is 35.5. The van der Waals surface area contributed by atoms with E-state index in [0.717, 1.165) is 61.0 Å². The molecule has 0 fully saturated rings. The predicted molar refractivity (Wildman–Crippen MR) is 255 cm³/mol. The molecule has 0 saturated carbocycles. The molecule has 0 radical (unpaired) electrons.